The highest BCUT2D eigenvalue weighted by atomic mass is 79.9. The Hall–Kier alpha value is -0.220. The van der Waals surface area contributed by atoms with Gasteiger partial charge >= 0.3 is 7.60 Å². The summed E-state index contributed by atoms with van der Waals surface area (Å²) in [5.41, 5.74) is 0.882. The molecule has 0 atom stereocenters. The summed E-state index contributed by atoms with van der Waals surface area (Å²) in [5, 5.41) is 0. The van der Waals surface area contributed by atoms with Crippen molar-refractivity contribution in [3.63, 3.8) is 0 Å². The Morgan fingerprint density at radius 3 is 2.50 bits per heavy atom. The normalized spacial score (nSPS) is 11.7. The number of aromatic nitrogens is 1. The second kappa shape index (κ2) is 6.50. The highest BCUT2D eigenvalue weighted by Crippen LogP contribution is 2.51. The van der Waals surface area contributed by atoms with Crippen LogP contribution in [0.4, 0.5) is 0 Å². The summed E-state index contributed by atoms with van der Waals surface area (Å²) in [7, 11) is -3.01. The average molecular weight is 308 g/mol. The first-order valence-corrected chi connectivity index (χ1v) is 7.60. The SMILES string of the molecule is CCOP(=O)(Cc1ccnc(Br)c1)OCC. The summed E-state index contributed by atoms with van der Waals surface area (Å²) in [6.07, 6.45) is 1.93. The van der Waals surface area contributed by atoms with Crippen molar-refractivity contribution in [1.29, 1.82) is 0 Å². The van der Waals surface area contributed by atoms with Crippen LogP contribution in [0, 0.1) is 0 Å². The fourth-order valence-corrected chi connectivity index (χ4v) is 3.39. The zero-order valence-corrected chi connectivity index (χ0v) is 11.8. The van der Waals surface area contributed by atoms with E-state index in [0.29, 0.717) is 17.8 Å². The highest BCUT2D eigenvalue weighted by molar-refractivity contribution is 9.10. The number of hydrogen-bond donors (Lipinski definition) is 0. The molecule has 0 aliphatic heterocycles. The molecule has 1 rings (SSSR count). The van der Waals surface area contributed by atoms with E-state index in [0.717, 1.165) is 5.56 Å². The second-order valence-electron chi connectivity index (χ2n) is 3.09. The van der Waals surface area contributed by atoms with E-state index < -0.39 is 7.60 Å². The van der Waals surface area contributed by atoms with Crippen LogP contribution in [0.5, 0.6) is 0 Å². The standard InChI is InChI=1S/C10H15BrNO3P/c1-3-14-16(13,15-4-2)8-9-5-6-12-10(11)7-9/h5-7H,3-4,8H2,1-2H3. The van der Waals surface area contributed by atoms with Crippen molar-refractivity contribution in [2.45, 2.75) is 20.0 Å². The van der Waals surface area contributed by atoms with Gasteiger partial charge in [0, 0.05) is 6.20 Å². The first-order valence-electron chi connectivity index (χ1n) is 5.08. The summed E-state index contributed by atoms with van der Waals surface area (Å²) < 4.78 is 23.3. The molecule has 0 radical (unpaired) electrons. The average Bonchev–Trinajstić information content (AvgIpc) is 2.17. The lowest BCUT2D eigenvalue weighted by molar-refractivity contribution is 0.219. The lowest BCUT2D eigenvalue weighted by atomic mass is 10.3. The molecule has 1 aromatic heterocycles. The summed E-state index contributed by atoms with van der Waals surface area (Å²) >= 11 is 3.27. The van der Waals surface area contributed by atoms with Crippen molar-refractivity contribution in [2.24, 2.45) is 0 Å². The van der Waals surface area contributed by atoms with Gasteiger partial charge in [0.1, 0.15) is 4.60 Å². The molecule has 1 heterocycles. The molecular formula is C10H15BrNO3P. The number of pyridine rings is 1. The van der Waals surface area contributed by atoms with Gasteiger partial charge in [-0.15, -0.1) is 0 Å². The molecule has 0 unspecified atom stereocenters. The quantitative estimate of drug-likeness (QED) is 0.595. The summed E-state index contributed by atoms with van der Waals surface area (Å²) in [6.45, 7) is 4.36. The monoisotopic (exact) mass is 307 g/mol. The van der Waals surface area contributed by atoms with Crippen molar-refractivity contribution in [3.8, 4) is 0 Å². The Balaban J connectivity index is 2.79. The fourth-order valence-electron chi connectivity index (χ4n) is 1.29. The summed E-state index contributed by atoms with van der Waals surface area (Å²) in [6, 6.07) is 3.61. The van der Waals surface area contributed by atoms with Gasteiger partial charge in [-0.2, -0.15) is 0 Å². The topological polar surface area (TPSA) is 48.4 Å². The van der Waals surface area contributed by atoms with Crippen LogP contribution in [0.15, 0.2) is 22.9 Å². The van der Waals surface area contributed by atoms with Crippen LogP contribution in [0.3, 0.4) is 0 Å². The van der Waals surface area contributed by atoms with E-state index >= 15 is 0 Å². The van der Waals surface area contributed by atoms with Gasteiger partial charge in [-0.3, -0.25) is 4.57 Å². The lowest BCUT2D eigenvalue weighted by Crippen LogP contribution is -1.99. The number of halogens is 1. The van der Waals surface area contributed by atoms with Crippen molar-refractivity contribution in [3.05, 3.63) is 28.5 Å². The van der Waals surface area contributed by atoms with Crippen LogP contribution in [0.2, 0.25) is 0 Å². The maximum atomic E-state index is 12.2. The third-order valence-electron chi connectivity index (χ3n) is 1.82. The van der Waals surface area contributed by atoms with E-state index in [1.807, 2.05) is 6.07 Å². The number of rotatable bonds is 6. The summed E-state index contributed by atoms with van der Waals surface area (Å²) in [5.74, 6) is 0. The maximum absolute atomic E-state index is 12.2. The number of nitrogens with zero attached hydrogens (tertiary/aromatic N) is 1. The van der Waals surface area contributed by atoms with Crippen LogP contribution < -0.4 is 0 Å². The zero-order valence-electron chi connectivity index (χ0n) is 9.35. The fraction of sp³-hybridized carbons (Fsp3) is 0.500. The first-order chi connectivity index (χ1) is 7.59. The molecule has 0 amide bonds. The minimum absolute atomic E-state index is 0.274. The van der Waals surface area contributed by atoms with E-state index in [2.05, 4.69) is 20.9 Å². The third-order valence-corrected chi connectivity index (χ3v) is 4.31. The molecular weight excluding hydrogens is 293 g/mol. The molecule has 0 saturated carbocycles. The molecule has 0 saturated heterocycles. The van der Waals surface area contributed by atoms with Crippen LogP contribution in [-0.2, 0) is 19.8 Å². The molecule has 0 fully saturated rings. The van der Waals surface area contributed by atoms with E-state index in [1.165, 1.54) is 0 Å². The Kier molecular flexibility index (Phi) is 5.62. The van der Waals surface area contributed by atoms with E-state index in [4.69, 9.17) is 9.05 Å². The minimum atomic E-state index is -3.01. The minimum Gasteiger partial charge on any atom is -0.309 e. The van der Waals surface area contributed by atoms with Crippen LogP contribution in [0.1, 0.15) is 19.4 Å². The molecule has 0 aliphatic rings. The Labute approximate surface area is 104 Å². The van der Waals surface area contributed by atoms with Crippen LogP contribution in [0.25, 0.3) is 0 Å². The molecule has 90 valence electrons. The van der Waals surface area contributed by atoms with Gasteiger partial charge in [0.25, 0.3) is 0 Å². The molecule has 0 spiro atoms. The molecule has 0 bridgehead atoms. The molecule has 1 aromatic rings. The van der Waals surface area contributed by atoms with Crippen molar-refractivity contribution in [2.75, 3.05) is 13.2 Å². The van der Waals surface area contributed by atoms with Crippen molar-refractivity contribution >= 4 is 23.5 Å². The Bertz CT molecular complexity index is 376. The molecule has 6 heteroatoms. The highest BCUT2D eigenvalue weighted by Gasteiger charge is 2.23. The van der Waals surface area contributed by atoms with E-state index in [9.17, 15) is 4.57 Å². The smallest absolute Gasteiger partial charge is 0.309 e. The van der Waals surface area contributed by atoms with E-state index in [1.54, 1.807) is 26.1 Å². The lowest BCUT2D eigenvalue weighted by Gasteiger charge is -2.16. The van der Waals surface area contributed by atoms with Gasteiger partial charge in [-0.25, -0.2) is 4.98 Å². The first kappa shape index (κ1) is 13.8. The van der Waals surface area contributed by atoms with Gasteiger partial charge in [-0.1, -0.05) is 0 Å². The molecule has 0 aromatic carbocycles. The Morgan fingerprint density at radius 2 is 2.00 bits per heavy atom. The molecule has 0 aliphatic carbocycles. The van der Waals surface area contributed by atoms with Gasteiger partial charge < -0.3 is 9.05 Å². The molecule has 0 N–H and O–H groups in total. The predicted molar refractivity (Wildman–Crippen MR) is 66.5 cm³/mol. The third kappa shape index (κ3) is 4.34. The predicted octanol–water partition coefficient (Wildman–Crippen LogP) is 3.61. The maximum Gasteiger partial charge on any atom is 0.335 e. The van der Waals surface area contributed by atoms with Gasteiger partial charge in [0.2, 0.25) is 0 Å². The van der Waals surface area contributed by atoms with Crippen LogP contribution >= 0.6 is 23.5 Å². The molecule has 16 heavy (non-hydrogen) atoms. The number of hydrogen-bond acceptors (Lipinski definition) is 4. The van der Waals surface area contributed by atoms with Gasteiger partial charge in [-0.05, 0) is 47.5 Å². The Morgan fingerprint density at radius 1 is 1.38 bits per heavy atom. The zero-order chi connectivity index (χ0) is 12.0. The van der Waals surface area contributed by atoms with Crippen molar-refractivity contribution < 1.29 is 13.6 Å². The van der Waals surface area contributed by atoms with Crippen LogP contribution in [-0.4, -0.2) is 18.2 Å². The second-order valence-corrected chi connectivity index (χ2v) is 5.96. The van der Waals surface area contributed by atoms with Gasteiger partial charge in [0.05, 0.1) is 19.4 Å². The van der Waals surface area contributed by atoms with E-state index in [-0.39, 0.29) is 6.16 Å². The largest absolute Gasteiger partial charge is 0.335 e. The molecule has 4 nitrogen and oxygen atoms in total. The summed E-state index contributed by atoms with van der Waals surface area (Å²) in [4.78, 5) is 4.01. The van der Waals surface area contributed by atoms with Gasteiger partial charge in [0.15, 0.2) is 0 Å². The van der Waals surface area contributed by atoms with Crippen molar-refractivity contribution in [1.82, 2.24) is 4.98 Å².